The van der Waals surface area contributed by atoms with Crippen molar-refractivity contribution in [1.82, 2.24) is 15.0 Å². The van der Waals surface area contributed by atoms with Crippen LogP contribution in [-0.4, -0.2) is 28.0 Å². The number of rotatable bonds is 5. The summed E-state index contributed by atoms with van der Waals surface area (Å²) in [5.74, 6) is 0.502. The van der Waals surface area contributed by atoms with Gasteiger partial charge in [-0.15, -0.1) is 5.10 Å². The smallest absolute Gasteiger partial charge is 0.246 e. The van der Waals surface area contributed by atoms with E-state index < -0.39 is 0 Å². The highest BCUT2D eigenvalue weighted by atomic mass is 79.9. The van der Waals surface area contributed by atoms with Gasteiger partial charge >= 0.3 is 0 Å². The number of ether oxygens (including phenoxy) is 1. The fourth-order valence-corrected chi connectivity index (χ4v) is 2.14. The Bertz CT molecular complexity index is 614. The van der Waals surface area contributed by atoms with E-state index in [1.54, 1.807) is 31.5 Å². The largest absolute Gasteiger partial charge is 0.496 e. The summed E-state index contributed by atoms with van der Waals surface area (Å²) in [7, 11) is 1.58. The van der Waals surface area contributed by atoms with Gasteiger partial charge in [-0.25, -0.2) is 4.68 Å². The Morgan fingerprint density at radius 2 is 2.35 bits per heavy atom. The van der Waals surface area contributed by atoms with E-state index in [1.165, 1.54) is 4.68 Å². The fourth-order valence-electron chi connectivity index (χ4n) is 1.60. The molecule has 2 aromatic rings. The van der Waals surface area contributed by atoms with Crippen LogP contribution in [0.1, 0.15) is 5.69 Å². The highest BCUT2D eigenvalue weighted by molar-refractivity contribution is 9.10. The molecule has 0 unspecified atom stereocenters. The zero-order valence-electron chi connectivity index (χ0n) is 10.8. The minimum atomic E-state index is -0.199. The van der Waals surface area contributed by atoms with Crippen molar-refractivity contribution in [1.29, 1.82) is 0 Å². The average Bonchev–Trinajstić information content (AvgIpc) is 2.86. The maximum absolute atomic E-state index is 11.9. The zero-order chi connectivity index (χ0) is 14.5. The predicted octanol–water partition coefficient (Wildman–Crippen LogP) is 1.15. The first-order chi connectivity index (χ1) is 9.62. The summed E-state index contributed by atoms with van der Waals surface area (Å²) >= 11 is 3.36. The van der Waals surface area contributed by atoms with E-state index in [4.69, 9.17) is 10.5 Å². The minimum absolute atomic E-state index is 0.0800. The number of amides is 1. The molecule has 0 aliphatic rings. The molecule has 0 aliphatic carbocycles. The van der Waals surface area contributed by atoms with Gasteiger partial charge in [0.15, 0.2) is 0 Å². The molecule has 0 bridgehead atoms. The Labute approximate surface area is 124 Å². The van der Waals surface area contributed by atoms with Crippen molar-refractivity contribution >= 4 is 27.5 Å². The first-order valence-corrected chi connectivity index (χ1v) is 6.64. The molecule has 1 aromatic carbocycles. The van der Waals surface area contributed by atoms with E-state index in [2.05, 4.69) is 31.6 Å². The lowest BCUT2D eigenvalue weighted by Gasteiger charge is -2.08. The molecule has 2 rings (SSSR count). The third-order valence-electron chi connectivity index (χ3n) is 2.54. The number of nitrogens with zero attached hydrogens (tertiary/aromatic N) is 3. The van der Waals surface area contributed by atoms with Crippen molar-refractivity contribution in [2.24, 2.45) is 5.73 Å². The first-order valence-electron chi connectivity index (χ1n) is 5.85. The van der Waals surface area contributed by atoms with Gasteiger partial charge in [0.25, 0.3) is 0 Å². The number of nitrogens with two attached hydrogens (primary N) is 1. The molecule has 0 saturated heterocycles. The second-order valence-corrected chi connectivity index (χ2v) is 4.86. The SMILES string of the molecule is COc1ccc(NC(=O)Cn2cc(CN)nn2)cc1Br. The van der Waals surface area contributed by atoms with Crippen LogP contribution in [0.25, 0.3) is 0 Å². The topological polar surface area (TPSA) is 95.1 Å². The normalized spacial score (nSPS) is 10.3. The summed E-state index contributed by atoms with van der Waals surface area (Å²) in [6.07, 6.45) is 1.64. The van der Waals surface area contributed by atoms with E-state index in [0.717, 1.165) is 4.47 Å². The molecule has 0 aliphatic heterocycles. The fraction of sp³-hybridized carbons (Fsp3) is 0.250. The number of halogens is 1. The molecule has 1 aromatic heterocycles. The Kier molecular flexibility index (Phi) is 4.70. The van der Waals surface area contributed by atoms with Crippen LogP contribution < -0.4 is 15.8 Å². The standard InChI is InChI=1S/C12H14BrN5O2/c1-20-11-3-2-8(4-10(11)13)15-12(19)7-18-6-9(5-14)16-17-18/h2-4,6H,5,7,14H2,1H3,(H,15,19). The maximum atomic E-state index is 11.9. The third-order valence-corrected chi connectivity index (χ3v) is 3.16. The Hall–Kier alpha value is -1.93. The number of carbonyl (C=O) groups is 1. The summed E-state index contributed by atoms with van der Waals surface area (Å²) in [6.45, 7) is 0.379. The van der Waals surface area contributed by atoms with Gasteiger partial charge in [-0.3, -0.25) is 4.79 Å². The van der Waals surface area contributed by atoms with Gasteiger partial charge in [-0.1, -0.05) is 5.21 Å². The second kappa shape index (κ2) is 6.49. The van der Waals surface area contributed by atoms with Crippen LogP contribution in [0.15, 0.2) is 28.9 Å². The van der Waals surface area contributed by atoms with Crippen molar-refractivity contribution < 1.29 is 9.53 Å². The molecule has 20 heavy (non-hydrogen) atoms. The third kappa shape index (κ3) is 3.55. The lowest BCUT2D eigenvalue weighted by molar-refractivity contribution is -0.116. The summed E-state index contributed by atoms with van der Waals surface area (Å²) in [6, 6.07) is 5.29. The lowest BCUT2D eigenvalue weighted by Crippen LogP contribution is -2.19. The molecule has 8 heteroatoms. The molecule has 0 radical (unpaired) electrons. The lowest BCUT2D eigenvalue weighted by atomic mass is 10.3. The number of methoxy groups -OCH3 is 1. The van der Waals surface area contributed by atoms with Crippen LogP contribution in [0, 0.1) is 0 Å². The maximum Gasteiger partial charge on any atom is 0.246 e. The average molecular weight is 340 g/mol. The van der Waals surface area contributed by atoms with Gasteiger partial charge in [0, 0.05) is 12.2 Å². The number of hydrogen-bond acceptors (Lipinski definition) is 5. The number of nitrogens with one attached hydrogen (secondary N) is 1. The van der Waals surface area contributed by atoms with Gasteiger partial charge in [-0.2, -0.15) is 0 Å². The molecule has 0 spiro atoms. The van der Waals surface area contributed by atoms with Gasteiger partial charge in [0.2, 0.25) is 5.91 Å². The van der Waals surface area contributed by atoms with Crippen LogP contribution in [0.2, 0.25) is 0 Å². The summed E-state index contributed by atoms with van der Waals surface area (Å²) in [4.78, 5) is 11.9. The van der Waals surface area contributed by atoms with Crippen LogP contribution in [0.3, 0.4) is 0 Å². The molecular formula is C12H14BrN5O2. The molecule has 3 N–H and O–H groups in total. The monoisotopic (exact) mass is 339 g/mol. The molecule has 106 valence electrons. The summed E-state index contributed by atoms with van der Waals surface area (Å²) in [5.41, 5.74) is 6.74. The minimum Gasteiger partial charge on any atom is -0.496 e. The zero-order valence-corrected chi connectivity index (χ0v) is 12.4. The molecule has 1 amide bonds. The van der Waals surface area contributed by atoms with Crippen molar-refractivity contribution in [3.63, 3.8) is 0 Å². The highest BCUT2D eigenvalue weighted by Crippen LogP contribution is 2.27. The van der Waals surface area contributed by atoms with Crippen molar-refractivity contribution in [3.8, 4) is 5.75 Å². The Balaban J connectivity index is 1.99. The van der Waals surface area contributed by atoms with Crippen LogP contribution in [0.4, 0.5) is 5.69 Å². The molecule has 0 fully saturated rings. The van der Waals surface area contributed by atoms with Crippen LogP contribution in [-0.2, 0) is 17.9 Å². The van der Waals surface area contributed by atoms with Crippen molar-refractivity contribution in [3.05, 3.63) is 34.6 Å². The number of anilines is 1. The van der Waals surface area contributed by atoms with Gasteiger partial charge < -0.3 is 15.8 Å². The summed E-state index contributed by atoms with van der Waals surface area (Å²) in [5, 5.41) is 10.4. The molecule has 1 heterocycles. The van der Waals surface area contributed by atoms with Gasteiger partial charge in [-0.05, 0) is 34.1 Å². The van der Waals surface area contributed by atoms with Crippen LogP contribution >= 0.6 is 15.9 Å². The number of benzene rings is 1. The van der Waals surface area contributed by atoms with E-state index in [9.17, 15) is 4.79 Å². The van der Waals surface area contributed by atoms with Crippen molar-refractivity contribution in [2.75, 3.05) is 12.4 Å². The highest BCUT2D eigenvalue weighted by Gasteiger charge is 2.07. The van der Waals surface area contributed by atoms with Gasteiger partial charge in [0.1, 0.15) is 12.3 Å². The number of carbonyl (C=O) groups excluding carboxylic acids is 1. The molecule has 0 atom stereocenters. The Morgan fingerprint density at radius 3 is 2.95 bits per heavy atom. The predicted molar refractivity (Wildman–Crippen MR) is 77.2 cm³/mol. The summed E-state index contributed by atoms with van der Waals surface area (Å²) < 4.78 is 7.33. The van der Waals surface area contributed by atoms with Crippen molar-refractivity contribution in [2.45, 2.75) is 13.1 Å². The number of aromatic nitrogens is 3. The Morgan fingerprint density at radius 1 is 1.55 bits per heavy atom. The first kappa shape index (κ1) is 14.5. The quantitative estimate of drug-likeness (QED) is 0.851. The molecule has 0 saturated carbocycles. The van der Waals surface area contributed by atoms with E-state index in [0.29, 0.717) is 23.7 Å². The van der Waals surface area contributed by atoms with E-state index in [-0.39, 0.29) is 12.5 Å². The van der Waals surface area contributed by atoms with Crippen LogP contribution in [0.5, 0.6) is 5.75 Å². The molecule has 7 nitrogen and oxygen atoms in total. The van der Waals surface area contributed by atoms with E-state index in [1.807, 2.05) is 0 Å². The second-order valence-electron chi connectivity index (χ2n) is 4.01. The van der Waals surface area contributed by atoms with Gasteiger partial charge in [0.05, 0.1) is 23.5 Å². The van der Waals surface area contributed by atoms with E-state index >= 15 is 0 Å². The molecular weight excluding hydrogens is 326 g/mol. The number of hydrogen-bond donors (Lipinski definition) is 2.